The van der Waals surface area contributed by atoms with Crippen molar-refractivity contribution < 1.29 is 14.4 Å². The molecule has 0 radical (unpaired) electrons. The molecule has 1 saturated heterocycles. The second-order valence-corrected chi connectivity index (χ2v) is 5.05. The van der Waals surface area contributed by atoms with E-state index in [1.54, 1.807) is 0 Å². The maximum atomic E-state index is 8.89. The molecule has 96 valence electrons. The van der Waals surface area contributed by atoms with E-state index in [1.165, 1.54) is 62.6 Å². The minimum atomic E-state index is -1.08. The second-order valence-electron chi connectivity index (χ2n) is 5.05. The van der Waals surface area contributed by atoms with Crippen molar-refractivity contribution in [2.75, 3.05) is 26.7 Å². The molecule has 0 aromatic heterocycles. The van der Waals surface area contributed by atoms with E-state index in [0.29, 0.717) is 0 Å². The minimum Gasteiger partial charge on any atom is -0.550 e. The highest BCUT2D eigenvalue weighted by Gasteiger charge is 2.23. The molecule has 0 aromatic carbocycles. The number of hydrogen-bond donors (Lipinski definition) is 0. The number of carboxylic acids is 1. The zero-order valence-corrected chi connectivity index (χ0v) is 11.1. The molecule has 1 fully saturated rings. The van der Waals surface area contributed by atoms with E-state index >= 15 is 0 Å². The first-order chi connectivity index (χ1) is 7.50. The summed E-state index contributed by atoms with van der Waals surface area (Å²) in [5, 5.41) is 8.89. The number of rotatable bonds is 4. The van der Waals surface area contributed by atoms with Crippen LogP contribution in [0.2, 0.25) is 0 Å². The van der Waals surface area contributed by atoms with Gasteiger partial charge in [-0.2, -0.15) is 0 Å². The largest absolute Gasteiger partial charge is 0.550 e. The molecule has 0 aliphatic carbocycles. The fraction of sp³-hybridized carbons (Fsp3) is 0.923. The summed E-state index contributed by atoms with van der Waals surface area (Å²) in [6, 6.07) is 0. The van der Waals surface area contributed by atoms with Gasteiger partial charge in [0.1, 0.15) is 0 Å². The molecule has 0 unspecified atom stereocenters. The number of likely N-dealkylation sites (tertiary alicyclic amines) is 1. The molecule has 1 aliphatic heterocycles. The number of nitrogens with zero attached hydrogens (tertiary/aromatic N) is 1. The fourth-order valence-corrected chi connectivity index (χ4v) is 2.24. The summed E-state index contributed by atoms with van der Waals surface area (Å²) in [6.45, 7) is 7.55. The molecule has 0 amide bonds. The Bertz CT molecular complexity index is 182. The van der Waals surface area contributed by atoms with E-state index in [-0.39, 0.29) is 0 Å². The highest BCUT2D eigenvalue weighted by Crippen LogP contribution is 2.17. The van der Waals surface area contributed by atoms with Crippen molar-refractivity contribution in [3.63, 3.8) is 0 Å². The van der Waals surface area contributed by atoms with E-state index in [0.717, 1.165) is 6.92 Å². The Balaban J connectivity index is 0.000000487. The second kappa shape index (κ2) is 8.57. The van der Waals surface area contributed by atoms with Crippen LogP contribution in [-0.2, 0) is 4.79 Å². The van der Waals surface area contributed by atoms with Gasteiger partial charge >= 0.3 is 0 Å². The molecule has 0 aromatic rings. The van der Waals surface area contributed by atoms with E-state index in [1.807, 2.05) is 0 Å². The molecule has 3 heteroatoms. The summed E-state index contributed by atoms with van der Waals surface area (Å²) in [4.78, 5) is 8.89. The number of piperidine rings is 1. The average molecular weight is 229 g/mol. The molecule has 0 N–H and O–H groups in total. The van der Waals surface area contributed by atoms with Crippen LogP contribution in [-0.4, -0.2) is 37.1 Å². The van der Waals surface area contributed by atoms with Gasteiger partial charge in [0, 0.05) is 5.97 Å². The van der Waals surface area contributed by atoms with Gasteiger partial charge < -0.3 is 14.4 Å². The molecule has 0 bridgehead atoms. The average Bonchev–Trinajstić information content (AvgIpc) is 2.18. The van der Waals surface area contributed by atoms with Crippen LogP contribution in [0.15, 0.2) is 0 Å². The number of carbonyl (C=O) groups excluding carboxylic acids is 1. The van der Waals surface area contributed by atoms with Crippen LogP contribution in [0.3, 0.4) is 0 Å². The van der Waals surface area contributed by atoms with Crippen molar-refractivity contribution in [1.29, 1.82) is 0 Å². The van der Waals surface area contributed by atoms with Crippen molar-refractivity contribution in [3.05, 3.63) is 0 Å². The lowest BCUT2D eigenvalue weighted by molar-refractivity contribution is -0.914. The SMILES string of the molecule is CC(=O)[O-].CCCCC[N+]1(C)CCCCC1. The van der Waals surface area contributed by atoms with Gasteiger partial charge in [-0.1, -0.05) is 13.3 Å². The number of aliphatic carboxylic acids is 1. The molecule has 0 spiro atoms. The smallest absolute Gasteiger partial charge is 0.0784 e. The third-order valence-electron chi connectivity index (χ3n) is 3.20. The summed E-state index contributed by atoms with van der Waals surface area (Å²) >= 11 is 0. The molecule has 3 nitrogen and oxygen atoms in total. The van der Waals surface area contributed by atoms with Gasteiger partial charge in [0.15, 0.2) is 0 Å². The van der Waals surface area contributed by atoms with E-state index in [4.69, 9.17) is 9.90 Å². The maximum Gasteiger partial charge on any atom is 0.0784 e. The first-order valence-electron chi connectivity index (χ1n) is 6.51. The standard InChI is InChI=1S/C11H24N.C2H4O2/c1-3-4-6-9-12(2)10-7-5-8-11-12;1-2(3)4/h3-11H2,1-2H3;1H3,(H,3,4)/q+1;/p-1. The Hall–Kier alpha value is -0.570. The molecular weight excluding hydrogens is 202 g/mol. The minimum absolute atomic E-state index is 0.972. The van der Waals surface area contributed by atoms with E-state index < -0.39 is 5.97 Å². The van der Waals surface area contributed by atoms with Gasteiger partial charge in [0.25, 0.3) is 0 Å². The third-order valence-corrected chi connectivity index (χ3v) is 3.20. The molecule has 1 rings (SSSR count). The van der Waals surface area contributed by atoms with Crippen LogP contribution in [0, 0.1) is 0 Å². The molecule has 1 heterocycles. The quantitative estimate of drug-likeness (QED) is 0.542. The first kappa shape index (κ1) is 15.4. The lowest BCUT2D eigenvalue weighted by Crippen LogP contribution is -2.48. The van der Waals surface area contributed by atoms with Crippen LogP contribution in [0.4, 0.5) is 0 Å². The van der Waals surface area contributed by atoms with Gasteiger partial charge in [0.2, 0.25) is 0 Å². The van der Waals surface area contributed by atoms with Crippen LogP contribution in [0.25, 0.3) is 0 Å². The number of carboxylic acid groups (broad SMARTS) is 1. The zero-order chi connectivity index (χ0) is 12.4. The van der Waals surface area contributed by atoms with Gasteiger partial charge in [-0.25, -0.2) is 0 Å². The number of hydrogen-bond acceptors (Lipinski definition) is 2. The summed E-state index contributed by atoms with van der Waals surface area (Å²) in [5.74, 6) is -1.08. The monoisotopic (exact) mass is 229 g/mol. The third kappa shape index (κ3) is 8.72. The van der Waals surface area contributed by atoms with Crippen LogP contribution in [0.5, 0.6) is 0 Å². The summed E-state index contributed by atoms with van der Waals surface area (Å²) in [5.41, 5.74) is 0. The first-order valence-corrected chi connectivity index (χ1v) is 6.51. The summed E-state index contributed by atoms with van der Waals surface area (Å²) in [6.07, 6.45) is 8.62. The molecule has 0 atom stereocenters. The van der Waals surface area contributed by atoms with Gasteiger partial charge in [-0.05, 0) is 39.0 Å². The Kier molecular flexibility index (Phi) is 8.26. The molecular formula is C13H27NO2. The topological polar surface area (TPSA) is 40.1 Å². The Morgan fingerprint density at radius 3 is 2.12 bits per heavy atom. The molecule has 16 heavy (non-hydrogen) atoms. The molecule has 0 saturated carbocycles. The van der Waals surface area contributed by atoms with Gasteiger partial charge in [-0.3, -0.25) is 0 Å². The van der Waals surface area contributed by atoms with Crippen molar-refractivity contribution >= 4 is 5.97 Å². The highest BCUT2D eigenvalue weighted by molar-refractivity contribution is 5.60. The number of carbonyl (C=O) groups is 1. The Labute approximate surface area is 100 Å². The van der Waals surface area contributed by atoms with Crippen LogP contribution >= 0.6 is 0 Å². The molecule has 1 aliphatic rings. The predicted octanol–water partition coefficient (Wildman–Crippen LogP) is 1.56. The predicted molar refractivity (Wildman–Crippen MR) is 64.8 cm³/mol. The normalized spacial score (nSPS) is 18.4. The van der Waals surface area contributed by atoms with Crippen molar-refractivity contribution in [2.24, 2.45) is 0 Å². The zero-order valence-electron chi connectivity index (χ0n) is 11.1. The Morgan fingerprint density at radius 2 is 1.69 bits per heavy atom. The lowest BCUT2D eigenvalue weighted by atomic mass is 10.1. The van der Waals surface area contributed by atoms with Crippen LogP contribution < -0.4 is 5.11 Å². The Morgan fingerprint density at radius 1 is 1.19 bits per heavy atom. The number of quaternary nitrogens is 1. The number of unbranched alkanes of at least 4 members (excludes halogenated alkanes) is 2. The van der Waals surface area contributed by atoms with E-state index in [9.17, 15) is 0 Å². The van der Waals surface area contributed by atoms with Crippen molar-refractivity contribution in [3.8, 4) is 0 Å². The van der Waals surface area contributed by atoms with Gasteiger partial charge in [0.05, 0.1) is 26.7 Å². The van der Waals surface area contributed by atoms with Crippen molar-refractivity contribution in [1.82, 2.24) is 0 Å². The maximum absolute atomic E-state index is 8.89. The fourth-order valence-electron chi connectivity index (χ4n) is 2.24. The van der Waals surface area contributed by atoms with Crippen molar-refractivity contribution in [2.45, 2.75) is 52.4 Å². The van der Waals surface area contributed by atoms with Crippen LogP contribution in [0.1, 0.15) is 52.4 Å². The van der Waals surface area contributed by atoms with E-state index in [2.05, 4.69) is 14.0 Å². The summed E-state index contributed by atoms with van der Waals surface area (Å²) < 4.78 is 1.36. The highest BCUT2D eigenvalue weighted by atomic mass is 16.4. The van der Waals surface area contributed by atoms with Gasteiger partial charge in [-0.15, -0.1) is 0 Å². The lowest BCUT2D eigenvalue weighted by Gasteiger charge is -2.37. The summed E-state index contributed by atoms with van der Waals surface area (Å²) in [7, 11) is 2.44.